The average Bonchev–Trinajstić information content (AvgIpc) is 3.07. The van der Waals surface area contributed by atoms with E-state index in [0.717, 1.165) is 22.8 Å². The Kier molecular flexibility index (Phi) is 7.53. The first kappa shape index (κ1) is 22.2. The number of rotatable bonds is 8. The largest absolute Gasteiger partial charge is 0.435 e. The fraction of sp³-hybridized carbons (Fsp3) is 0.318. The van der Waals surface area contributed by atoms with Crippen LogP contribution in [0, 0.1) is 6.92 Å². The van der Waals surface area contributed by atoms with Gasteiger partial charge in [0.05, 0.1) is 13.1 Å². The third-order valence-electron chi connectivity index (χ3n) is 4.77. The van der Waals surface area contributed by atoms with Crippen molar-refractivity contribution in [2.24, 2.45) is 12.0 Å². The van der Waals surface area contributed by atoms with Crippen molar-refractivity contribution in [1.29, 1.82) is 0 Å². The summed E-state index contributed by atoms with van der Waals surface area (Å²) in [4.78, 5) is 6.72. The monoisotopic (exact) mass is 428 g/mol. The van der Waals surface area contributed by atoms with Crippen molar-refractivity contribution in [3.05, 3.63) is 77.4 Å². The number of hydrogen-bond acceptors (Lipinski definition) is 4. The van der Waals surface area contributed by atoms with E-state index in [2.05, 4.69) is 20.3 Å². The van der Waals surface area contributed by atoms with Gasteiger partial charge in [0, 0.05) is 20.6 Å². The smallest absolute Gasteiger partial charge is 0.387 e. The summed E-state index contributed by atoms with van der Waals surface area (Å²) in [6.45, 7) is 0.587. The quantitative estimate of drug-likeness (QED) is 0.439. The van der Waals surface area contributed by atoms with Gasteiger partial charge in [-0.15, -0.1) is 10.2 Å². The molecule has 31 heavy (non-hydrogen) atoms. The summed E-state index contributed by atoms with van der Waals surface area (Å²) in [7, 11) is 3.84. The normalized spacial score (nSPS) is 11.6. The summed E-state index contributed by atoms with van der Waals surface area (Å²) in [6.07, 6.45) is 0. The molecule has 0 aliphatic carbocycles. The Bertz CT molecular complexity index is 989. The van der Waals surface area contributed by atoms with Crippen LogP contribution in [0.25, 0.3) is 0 Å². The van der Waals surface area contributed by atoms with Gasteiger partial charge in [-0.1, -0.05) is 42.5 Å². The zero-order chi connectivity index (χ0) is 22.2. The second kappa shape index (κ2) is 10.5. The summed E-state index contributed by atoms with van der Waals surface area (Å²) in [6, 6.07) is 16.6. The van der Waals surface area contributed by atoms with Crippen LogP contribution in [0.1, 0.15) is 22.8 Å². The fourth-order valence-electron chi connectivity index (χ4n) is 2.95. The number of hydrogen-bond donors (Lipinski definition) is 1. The number of halogens is 2. The van der Waals surface area contributed by atoms with Crippen LogP contribution in [0.4, 0.5) is 8.78 Å². The van der Waals surface area contributed by atoms with Crippen molar-refractivity contribution in [3.8, 4) is 5.75 Å². The molecule has 0 atom stereocenters. The van der Waals surface area contributed by atoms with Crippen LogP contribution in [0.2, 0.25) is 0 Å². The Labute approximate surface area is 180 Å². The zero-order valence-corrected chi connectivity index (χ0v) is 17.8. The van der Waals surface area contributed by atoms with Crippen LogP contribution in [-0.2, 0) is 26.7 Å². The third-order valence-corrected chi connectivity index (χ3v) is 4.77. The van der Waals surface area contributed by atoms with Crippen LogP contribution in [-0.4, -0.2) is 39.3 Å². The molecule has 1 aromatic heterocycles. The molecular formula is C22H26F2N6O. The number of aryl methyl sites for hydroxylation is 1. The minimum atomic E-state index is -2.83. The van der Waals surface area contributed by atoms with Crippen molar-refractivity contribution in [2.45, 2.75) is 33.2 Å². The minimum absolute atomic E-state index is 0.134. The molecule has 0 unspecified atom stereocenters. The molecule has 9 heteroatoms. The molecule has 0 saturated heterocycles. The van der Waals surface area contributed by atoms with E-state index in [1.54, 1.807) is 12.1 Å². The highest BCUT2D eigenvalue weighted by Crippen LogP contribution is 2.16. The Balaban J connectivity index is 1.71. The van der Waals surface area contributed by atoms with Gasteiger partial charge < -0.3 is 19.5 Å². The lowest BCUT2D eigenvalue weighted by Crippen LogP contribution is -2.38. The maximum atomic E-state index is 12.4. The Hall–Kier alpha value is -3.49. The summed E-state index contributed by atoms with van der Waals surface area (Å²) < 4.78 is 31.0. The summed E-state index contributed by atoms with van der Waals surface area (Å²) in [5.41, 5.74) is 2.03. The molecule has 0 aliphatic heterocycles. The van der Waals surface area contributed by atoms with Gasteiger partial charge >= 0.3 is 6.61 Å². The molecule has 2 aromatic carbocycles. The Morgan fingerprint density at radius 2 is 1.81 bits per heavy atom. The van der Waals surface area contributed by atoms with Crippen molar-refractivity contribution in [2.75, 3.05) is 7.05 Å². The SMILES string of the molecule is Cc1nnc(CNC(=NCc2ccccc2)N(C)Cc2ccc(OC(F)F)cc2)n1C. The highest BCUT2D eigenvalue weighted by atomic mass is 19.3. The van der Waals surface area contributed by atoms with Crippen molar-refractivity contribution >= 4 is 5.96 Å². The predicted molar refractivity (Wildman–Crippen MR) is 115 cm³/mol. The first-order valence-electron chi connectivity index (χ1n) is 9.84. The molecule has 0 fully saturated rings. The molecule has 164 valence electrons. The van der Waals surface area contributed by atoms with Gasteiger partial charge in [0.25, 0.3) is 0 Å². The highest BCUT2D eigenvalue weighted by Gasteiger charge is 2.11. The molecule has 1 N–H and O–H groups in total. The maximum Gasteiger partial charge on any atom is 0.387 e. The standard InChI is InChI=1S/C22H26F2N6O/c1-16-27-28-20(30(16)3)14-26-22(25-13-17-7-5-4-6-8-17)29(2)15-18-9-11-19(12-10-18)31-21(23)24/h4-12,21H,13-15H2,1-3H3,(H,25,26). The van der Waals surface area contributed by atoms with Gasteiger partial charge in [-0.05, 0) is 30.2 Å². The van der Waals surface area contributed by atoms with E-state index in [1.807, 2.05) is 60.8 Å². The first-order valence-corrected chi connectivity index (χ1v) is 9.84. The highest BCUT2D eigenvalue weighted by molar-refractivity contribution is 5.79. The predicted octanol–water partition coefficient (Wildman–Crippen LogP) is 3.50. The van der Waals surface area contributed by atoms with E-state index in [9.17, 15) is 8.78 Å². The first-order chi connectivity index (χ1) is 14.9. The second-order valence-electron chi connectivity index (χ2n) is 7.08. The Morgan fingerprint density at radius 3 is 2.42 bits per heavy atom. The Morgan fingerprint density at radius 1 is 1.10 bits per heavy atom. The molecule has 0 amide bonds. The van der Waals surface area contributed by atoms with Crippen LogP contribution in [0.5, 0.6) is 5.75 Å². The maximum absolute atomic E-state index is 12.4. The zero-order valence-electron chi connectivity index (χ0n) is 17.8. The number of alkyl halides is 2. The van der Waals surface area contributed by atoms with Gasteiger partial charge in [0.15, 0.2) is 11.8 Å². The van der Waals surface area contributed by atoms with Crippen molar-refractivity contribution < 1.29 is 13.5 Å². The van der Waals surface area contributed by atoms with E-state index in [4.69, 9.17) is 4.99 Å². The minimum Gasteiger partial charge on any atom is -0.435 e. The van der Waals surface area contributed by atoms with Gasteiger partial charge in [0.2, 0.25) is 0 Å². The van der Waals surface area contributed by atoms with E-state index in [0.29, 0.717) is 25.6 Å². The lowest BCUT2D eigenvalue weighted by Gasteiger charge is -2.23. The second-order valence-corrected chi connectivity index (χ2v) is 7.08. The van der Waals surface area contributed by atoms with Crippen molar-refractivity contribution in [3.63, 3.8) is 0 Å². The number of aromatic nitrogens is 3. The molecule has 0 spiro atoms. The topological polar surface area (TPSA) is 67.6 Å². The summed E-state index contributed by atoms with van der Waals surface area (Å²) in [5.74, 6) is 2.46. The summed E-state index contributed by atoms with van der Waals surface area (Å²) >= 11 is 0. The van der Waals surface area contributed by atoms with Gasteiger partial charge in [-0.2, -0.15) is 8.78 Å². The third kappa shape index (κ3) is 6.50. The van der Waals surface area contributed by atoms with E-state index >= 15 is 0 Å². The van der Waals surface area contributed by atoms with Gasteiger partial charge in [-0.3, -0.25) is 0 Å². The molecule has 0 saturated carbocycles. The molecule has 1 heterocycles. The molecule has 7 nitrogen and oxygen atoms in total. The number of ether oxygens (including phenoxy) is 1. The van der Waals surface area contributed by atoms with E-state index in [1.165, 1.54) is 12.1 Å². The van der Waals surface area contributed by atoms with Gasteiger partial charge in [0.1, 0.15) is 11.6 Å². The molecule has 0 radical (unpaired) electrons. The van der Waals surface area contributed by atoms with Crippen LogP contribution < -0.4 is 10.1 Å². The lowest BCUT2D eigenvalue weighted by atomic mass is 10.2. The van der Waals surface area contributed by atoms with Gasteiger partial charge in [-0.25, -0.2) is 4.99 Å². The number of nitrogens with one attached hydrogen (secondary N) is 1. The molecular weight excluding hydrogens is 402 g/mol. The number of nitrogens with zero attached hydrogens (tertiary/aromatic N) is 5. The van der Waals surface area contributed by atoms with Crippen molar-refractivity contribution in [1.82, 2.24) is 25.0 Å². The number of aliphatic imine (C=N–C) groups is 1. The average molecular weight is 428 g/mol. The lowest BCUT2D eigenvalue weighted by molar-refractivity contribution is -0.0498. The summed E-state index contributed by atoms with van der Waals surface area (Å²) in [5, 5.41) is 11.6. The molecule has 3 aromatic rings. The van der Waals surface area contributed by atoms with Crippen LogP contribution in [0.15, 0.2) is 59.6 Å². The van der Waals surface area contributed by atoms with Crippen LogP contribution in [0.3, 0.4) is 0 Å². The molecule has 0 aliphatic rings. The molecule has 3 rings (SSSR count). The molecule has 0 bridgehead atoms. The fourth-order valence-corrected chi connectivity index (χ4v) is 2.95. The van der Waals surface area contributed by atoms with E-state index in [-0.39, 0.29) is 5.75 Å². The van der Waals surface area contributed by atoms with E-state index < -0.39 is 6.61 Å². The number of benzene rings is 2. The van der Waals surface area contributed by atoms with Crippen LogP contribution >= 0.6 is 0 Å². The number of guanidine groups is 1.